The topological polar surface area (TPSA) is 271 Å². The van der Waals surface area contributed by atoms with Crippen molar-refractivity contribution in [3.05, 3.63) is 124 Å². The van der Waals surface area contributed by atoms with Crippen LogP contribution in [-0.2, 0) is 57.4 Å². The molecule has 7 N–H and O–H groups in total. The van der Waals surface area contributed by atoms with Gasteiger partial charge >= 0.3 is 30.1 Å². The van der Waals surface area contributed by atoms with Crippen molar-refractivity contribution in [1.29, 1.82) is 0 Å². The molecule has 0 aliphatic carbocycles. The first-order valence-electron chi connectivity index (χ1n) is 30.8. The third-order valence-electron chi connectivity index (χ3n) is 16.0. The van der Waals surface area contributed by atoms with Crippen molar-refractivity contribution in [3.8, 4) is 16.9 Å². The number of carbonyl (C=O) groups excluding carboxylic acids is 3. The van der Waals surface area contributed by atoms with Gasteiger partial charge in [-0.25, -0.2) is 0 Å². The quantitative estimate of drug-likeness (QED) is 0.0206. The average Bonchev–Trinajstić information content (AvgIpc) is 2.80. The summed E-state index contributed by atoms with van der Waals surface area (Å²) >= 11 is 0. The number of rotatable bonds is 32. The van der Waals surface area contributed by atoms with Crippen LogP contribution in [-0.4, -0.2) is 217 Å². The van der Waals surface area contributed by atoms with E-state index in [2.05, 4.69) is 16.0 Å². The second-order valence-corrected chi connectivity index (χ2v) is 22.9. The normalized spacial score (nSPS) is 16.6. The molecule has 2 aliphatic heterocycles. The molecule has 2 aliphatic rings. The number of hydrogen-bond donors (Lipinski definition) is 7. The number of carboxylic acids is 4. The number of benzene rings is 4. The van der Waals surface area contributed by atoms with Crippen molar-refractivity contribution in [1.82, 2.24) is 40.4 Å². The lowest BCUT2D eigenvalue weighted by Gasteiger charge is -2.33. The Labute approximate surface area is 524 Å². The van der Waals surface area contributed by atoms with Crippen LogP contribution in [0.15, 0.2) is 84.9 Å². The number of aliphatic carboxylic acids is 4. The van der Waals surface area contributed by atoms with E-state index in [1.807, 2.05) is 86.6 Å². The summed E-state index contributed by atoms with van der Waals surface area (Å²) in [6.45, 7) is 4.47. The maximum absolute atomic E-state index is 15.0. The summed E-state index contributed by atoms with van der Waals surface area (Å²) in [5, 5.41) is 47.6. The summed E-state index contributed by atoms with van der Waals surface area (Å²) < 4.78 is 57.1. The molecule has 0 saturated carbocycles. The largest absolute Gasteiger partial charge is 0.491 e. The molecule has 4 aromatic carbocycles. The van der Waals surface area contributed by atoms with E-state index in [1.54, 1.807) is 30.6 Å². The maximum Gasteiger partial charge on any atom is 0.417 e. The summed E-state index contributed by atoms with van der Waals surface area (Å²) in [4.78, 5) is 96.7. The number of aryl methyl sites for hydroxylation is 2. The fourth-order valence-electron chi connectivity index (χ4n) is 11.1. The minimum atomic E-state index is -4.78. The standard InChI is InChI=1S/C66H87F3N8O13/c1-47-20-22-49(23-21-47)12-10-19-59(78)70-26-8-6-17-56(72-60(79)43-73-29-31-74(44-61(80)81)33-35-76(46-63(84)85)36-34-75(32-30-73)45-62(82)83)64(86)71-27-37-89-38-39-90-58-41-52(25-24-50-15-11-16-54(48(50)2)51-13-4-3-5-14-51)55(66(67,68)69)40-53(58)42-77-28-9-7-18-57(77)65(87)88/h3-5,11,13-16,20-25,40-41,56-57H,6-10,12,17-19,26-39,42-46H2,1-2H3,(H,70,78)(H,71,86)(H,72,79)(H,80,81)(H,82,83)(H,84,85)(H,87,88)/b25-24+/t56-,57-/m0/s1. The first-order valence-corrected chi connectivity index (χ1v) is 30.8. The zero-order chi connectivity index (χ0) is 65.0. The van der Waals surface area contributed by atoms with Crippen LogP contribution in [0.4, 0.5) is 13.2 Å². The minimum Gasteiger partial charge on any atom is -0.491 e. The van der Waals surface area contributed by atoms with Gasteiger partial charge in [-0.3, -0.25) is 58.1 Å². The third kappa shape index (κ3) is 24.9. The van der Waals surface area contributed by atoms with E-state index in [1.165, 1.54) is 12.1 Å². The van der Waals surface area contributed by atoms with Crippen molar-refractivity contribution in [3.63, 3.8) is 0 Å². The maximum atomic E-state index is 15.0. The molecule has 0 radical (unpaired) electrons. The monoisotopic (exact) mass is 1260 g/mol. The van der Waals surface area contributed by atoms with E-state index in [-0.39, 0.29) is 141 Å². The van der Waals surface area contributed by atoms with E-state index >= 15 is 13.2 Å². The fourth-order valence-corrected chi connectivity index (χ4v) is 11.1. The number of piperidine rings is 1. The van der Waals surface area contributed by atoms with Gasteiger partial charge in [0.15, 0.2) is 0 Å². The van der Waals surface area contributed by atoms with Gasteiger partial charge in [0.25, 0.3) is 0 Å². The Morgan fingerprint density at radius 1 is 0.633 bits per heavy atom. The van der Waals surface area contributed by atoms with Gasteiger partial charge in [-0.05, 0) is 111 Å². The molecule has 24 heteroatoms. The molecule has 6 rings (SSSR count). The molecule has 2 saturated heterocycles. The molecule has 0 unspecified atom stereocenters. The number of carboxylic acid groups (broad SMARTS) is 4. The number of nitrogens with one attached hydrogen (secondary N) is 3. The van der Waals surface area contributed by atoms with Gasteiger partial charge in [-0.2, -0.15) is 13.2 Å². The predicted octanol–water partition coefficient (Wildman–Crippen LogP) is 6.38. The van der Waals surface area contributed by atoms with Crippen LogP contribution in [0.1, 0.15) is 90.3 Å². The second-order valence-electron chi connectivity index (χ2n) is 22.9. The summed E-state index contributed by atoms with van der Waals surface area (Å²) in [6.07, 6.45) is 2.77. The number of nitrogens with zero attached hydrogens (tertiary/aromatic N) is 5. The number of alkyl halides is 3. The van der Waals surface area contributed by atoms with Crippen molar-refractivity contribution in [2.24, 2.45) is 0 Å². The van der Waals surface area contributed by atoms with Crippen LogP contribution in [0.5, 0.6) is 5.75 Å². The van der Waals surface area contributed by atoms with Crippen molar-refractivity contribution < 1.29 is 76.6 Å². The Bertz CT molecular complexity index is 2990. The fraction of sp³-hybridized carbons (Fsp3) is 0.500. The molecule has 4 aromatic rings. The minimum absolute atomic E-state index is 0.0183. The van der Waals surface area contributed by atoms with Gasteiger partial charge in [0.05, 0.1) is 45.0 Å². The van der Waals surface area contributed by atoms with Gasteiger partial charge in [-0.15, -0.1) is 0 Å². The molecule has 0 spiro atoms. The molecule has 2 fully saturated rings. The van der Waals surface area contributed by atoms with Crippen LogP contribution in [0.3, 0.4) is 0 Å². The van der Waals surface area contributed by atoms with Gasteiger partial charge < -0.3 is 45.9 Å². The number of carbonyl (C=O) groups is 7. The number of unbranched alkanes of at least 4 members (excludes halogenated alkanes) is 1. The number of hydrogen-bond acceptors (Lipinski definition) is 14. The Kier molecular flexibility index (Phi) is 29.2. The van der Waals surface area contributed by atoms with E-state index in [0.29, 0.717) is 63.6 Å². The van der Waals surface area contributed by atoms with Crippen LogP contribution >= 0.6 is 0 Å². The molecule has 90 heavy (non-hydrogen) atoms. The van der Waals surface area contributed by atoms with E-state index in [0.717, 1.165) is 40.3 Å². The number of ether oxygens (including phenoxy) is 2. The smallest absolute Gasteiger partial charge is 0.417 e. The lowest BCUT2D eigenvalue weighted by atomic mass is 9.95. The van der Waals surface area contributed by atoms with Crippen molar-refractivity contribution in [2.45, 2.75) is 96.4 Å². The van der Waals surface area contributed by atoms with Gasteiger partial charge in [-0.1, -0.05) is 96.9 Å². The average molecular weight is 1260 g/mol. The lowest BCUT2D eigenvalue weighted by Crippen LogP contribution is -2.52. The van der Waals surface area contributed by atoms with Crippen LogP contribution < -0.4 is 20.7 Å². The van der Waals surface area contributed by atoms with E-state index < -0.39 is 59.5 Å². The Morgan fingerprint density at radius 2 is 1.24 bits per heavy atom. The Balaban J connectivity index is 1.11. The third-order valence-corrected chi connectivity index (χ3v) is 16.0. The number of likely N-dealkylation sites (tertiary alicyclic amines) is 1. The molecular weight excluding hydrogens is 1170 g/mol. The highest BCUT2D eigenvalue weighted by molar-refractivity contribution is 5.88. The Hall–Kier alpha value is -7.74. The summed E-state index contributed by atoms with van der Waals surface area (Å²) in [6, 6.07) is 23.8. The second kappa shape index (κ2) is 36.8. The first-order chi connectivity index (χ1) is 43.1. The highest BCUT2D eigenvalue weighted by Crippen LogP contribution is 2.38. The van der Waals surface area contributed by atoms with Gasteiger partial charge in [0.2, 0.25) is 17.7 Å². The highest BCUT2D eigenvalue weighted by atomic mass is 19.4. The predicted molar refractivity (Wildman–Crippen MR) is 334 cm³/mol. The molecule has 0 aromatic heterocycles. The van der Waals surface area contributed by atoms with Gasteiger partial charge in [0.1, 0.15) is 24.4 Å². The zero-order valence-corrected chi connectivity index (χ0v) is 51.5. The van der Waals surface area contributed by atoms with Crippen LogP contribution in [0.25, 0.3) is 23.3 Å². The summed E-state index contributed by atoms with van der Waals surface area (Å²) in [5.41, 5.74) is 4.83. The number of halogens is 3. The highest BCUT2D eigenvalue weighted by Gasteiger charge is 2.36. The van der Waals surface area contributed by atoms with E-state index in [9.17, 15) is 54.0 Å². The lowest BCUT2D eigenvalue weighted by molar-refractivity contribution is -0.145. The molecular formula is C66H87F3N8O13. The van der Waals surface area contributed by atoms with E-state index in [4.69, 9.17) is 9.47 Å². The SMILES string of the molecule is Cc1ccc(CCCC(=O)NCCCC[C@H](NC(=O)CN2CCN(CC(=O)O)CCN(CC(=O)O)CCN(CC(=O)O)CC2)C(=O)NCCOCCOc2cc(/C=C/c3cccc(-c4ccccc4)c3C)c(C(F)(F)F)cc2CN2CCCC[C@H]2C(=O)O)cc1. The molecule has 490 valence electrons. The molecule has 3 amide bonds. The van der Waals surface area contributed by atoms with Crippen LogP contribution in [0, 0.1) is 13.8 Å². The molecule has 2 heterocycles. The summed E-state index contributed by atoms with van der Waals surface area (Å²) in [5.74, 6) is -5.40. The zero-order valence-electron chi connectivity index (χ0n) is 51.5. The Morgan fingerprint density at radius 3 is 1.84 bits per heavy atom. The van der Waals surface area contributed by atoms with Crippen molar-refractivity contribution >= 4 is 53.8 Å². The first kappa shape index (κ1) is 71.3. The number of amides is 3. The van der Waals surface area contributed by atoms with Gasteiger partial charge in [0, 0.05) is 84.0 Å². The van der Waals surface area contributed by atoms with Crippen molar-refractivity contribution in [2.75, 3.05) is 118 Å². The van der Waals surface area contributed by atoms with Crippen LogP contribution in [0.2, 0.25) is 0 Å². The molecule has 21 nitrogen and oxygen atoms in total. The molecule has 2 atom stereocenters. The summed E-state index contributed by atoms with van der Waals surface area (Å²) in [7, 11) is 0. The molecule has 0 bridgehead atoms.